The first-order chi connectivity index (χ1) is 17.7. The number of rotatable bonds is 3. The van der Waals surface area contributed by atoms with Crippen LogP contribution in [0.3, 0.4) is 0 Å². The van der Waals surface area contributed by atoms with Crippen LogP contribution in [0.5, 0.6) is 11.5 Å². The second kappa shape index (κ2) is 7.45. The summed E-state index contributed by atoms with van der Waals surface area (Å²) in [7, 11) is 1.69. The number of amides is 1. The van der Waals surface area contributed by atoms with E-state index < -0.39 is 18.3 Å². The van der Waals surface area contributed by atoms with E-state index in [1.165, 1.54) is 6.07 Å². The van der Waals surface area contributed by atoms with Crippen molar-refractivity contribution >= 4 is 17.1 Å². The molecule has 3 aliphatic heterocycles. The first-order valence-electron chi connectivity index (χ1n) is 11.8. The Labute approximate surface area is 209 Å². The standard InChI is InChI=1S/C26H21F2N5O4/c1-26(35)11-36-19-8-12(10-29-21(19)26)14-6-7-15-22(30-14)33-16-9-17(23(33)31-15)32(2)24(34)13-4-3-5-18(20(13)16)37-25(27)28/h3-8,10,16-17,25,35H,9,11H2,1-2H3/t16-,17?,26-/m1/s1. The van der Waals surface area contributed by atoms with Crippen LogP contribution in [0.25, 0.3) is 22.4 Å². The number of pyridine rings is 2. The second-order valence-corrected chi connectivity index (χ2v) is 9.79. The molecule has 0 saturated heterocycles. The number of aliphatic hydroxyl groups is 1. The fraction of sp³-hybridized carbons (Fsp3) is 0.308. The number of benzene rings is 1. The lowest BCUT2D eigenvalue weighted by Gasteiger charge is -2.24. The van der Waals surface area contributed by atoms with Crippen molar-refractivity contribution in [3.63, 3.8) is 0 Å². The predicted octanol–water partition coefficient (Wildman–Crippen LogP) is 3.81. The van der Waals surface area contributed by atoms with E-state index in [4.69, 9.17) is 19.4 Å². The van der Waals surface area contributed by atoms with Gasteiger partial charge in [-0.15, -0.1) is 0 Å². The van der Waals surface area contributed by atoms with Gasteiger partial charge in [-0.25, -0.2) is 9.97 Å². The predicted molar refractivity (Wildman–Crippen MR) is 126 cm³/mol. The lowest BCUT2D eigenvalue weighted by molar-refractivity contribution is -0.0507. The van der Waals surface area contributed by atoms with Crippen LogP contribution in [0.2, 0.25) is 0 Å². The molecular weight excluding hydrogens is 484 g/mol. The average molecular weight is 505 g/mol. The quantitative estimate of drug-likeness (QED) is 0.452. The van der Waals surface area contributed by atoms with Gasteiger partial charge in [-0.3, -0.25) is 9.78 Å². The summed E-state index contributed by atoms with van der Waals surface area (Å²) in [5.41, 5.74) is 2.55. The van der Waals surface area contributed by atoms with Crippen molar-refractivity contribution in [3.8, 4) is 22.8 Å². The molecule has 3 aliphatic rings. The highest BCUT2D eigenvalue weighted by Crippen LogP contribution is 2.50. The van der Waals surface area contributed by atoms with Gasteiger partial charge < -0.3 is 24.0 Å². The van der Waals surface area contributed by atoms with Crippen LogP contribution in [-0.4, -0.2) is 55.7 Å². The smallest absolute Gasteiger partial charge is 0.387 e. The molecule has 11 heteroatoms. The molecule has 0 fully saturated rings. The molecule has 6 heterocycles. The molecule has 188 valence electrons. The van der Waals surface area contributed by atoms with Crippen LogP contribution >= 0.6 is 0 Å². The van der Waals surface area contributed by atoms with E-state index in [-0.39, 0.29) is 24.3 Å². The van der Waals surface area contributed by atoms with Crippen LogP contribution in [0, 0.1) is 0 Å². The minimum atomic E-state index is -3.03. The first kappa shape index (κ1) is 22.1. The van der Waals surface area contributed by atoms with Gasteiger partial charge >= 0.3 is 6.61 Å². The zero-order valence-corrected chi connectivity index (χ0v) is 19.9. The highest BCUT2D eigenvalue weighted by Gasteiger charge is 2.45. The normalized spacial score (nSPS) is 23.6. The molecule has 1 unspecified atom stereocenters. The van der Waals surface area contributed by atoms with Crippen LogP contribution < -0.4 is 9.47 Å². The molecule has 1 N–H and O–H groups in total. The topological polar surface area (TPSA) is 103 Å². The largest absolute Gasteiger partial charge is 0.488 e. The van der Waals surface area contributed by atoms with Crippen molar-refractivity contribution in [2.75, 3.05) is 13.7 Å². The van der Waals surface area contributed by atoms with E-state index >= 15 is 0 Å². The summed E-state index contributed by atoms with van der Waals surface area (Å²) in [6.07, 6.45) is 2.10. The molecule has 0 radical (unpaired) electrons. The first-order valence-corrected chi connectivity index (χ1v) is 11.8. The summed E-state index contributed by atoms with van der Waals surface area (Å²) in [5, 5.41) is 10.4. The van der Waals surface area contributed by atoms with Crippen molar-refractivity contribution in [3.05, 3.63) is 65.2 Å². The Kier molecular flexibility index (Phi) is 4.45. The van der Waals surface area contributed by atoms with E-state index in [0.717, 1.165) is 0 Å². The third-order valence-electron chi connectivity index (χ3n) is 7.42. The maximum atomic E-state index is 13.3. The lowest BCUT2D eigenvalue weighted by Crippen LogP contribution is -2.30. The average Bonchev–Trinajstić information content (AvgIpc) is 3.50. The van der Waals surface area contributed by atoms with Crippen molar-refractivity contribution in [2.24, 2.45) is 0 Å². The van der Waals surface area contributed by atoms with E-state index in [0.29, 0.717) is 57.2 Å². The Hall–Kier alpha value is -4.12. The Morgan fingerprint density at radius 3 is 2.86 bits per heavy atom. The number of fused-ring (bicyclic) bond motifs is 10. The zero-order chi connectivity index (χ0) is 25.6. The Morgan fingerprint density at radius 2 is 2.05 bits per heavy atom. The fourth-order valence-corrected chi connectivity index (χ4v) is 5.69. The number of halogens is 2. The van der Waals surface area contributed by atoms with Crippen molar-refractivity contribution < 1.29 is 28.2 Å². The molecule has 37 heavy (non-hydrogen) atoms. The summed E-state index contributed by atoms with van der Waals surface area (Å²) in [6, 6.07) is 9.27. The highest BCUT2D eigenvalue weighted by atomic mass is 19.3. The second-order valence-electron chi connectivity index (χ2n) is 9.79. The summed E-state index contributed by atoms with van der Waals surface area (Å²) in [6.45, 7) is -1.25. The van der Waals surface area contributed by atoms with Crippen LogP contribution in [-0.2, 0) is 5.60 Å². The highest BCUT2D eigenvalue weighted by molar-refractivity contribution is 5.97. The molecule has 1 amide bonds. The van der Waals surface area contributed by atoms with Crippen LogP contribution in [0.4, 0.5) is 8.78 Å². The minimum absolute atomic E-state index is 0.0298. The molecule has 0 aliphatic carbocycles. The van der Waals surface area contributed by atoms with Gasteiger partial charge in [0.05, 0.1) is 17.8 Å². The number of aromatic nitrogens is 4. The summed E-state index contributed by atoms with van der Waals surface area (Å²) in [4.78, 5) is 28.9. The molecule has 0 spiro atoms. The number of ether oxygens (including phenoxy) is 2. The van der Waals surface area contributed by atoms with Crippen molar-refractivity contribution in [2.45, 2.75) is 37.6 Å². The summed E-state index contributed by atoms with van der Waals surface area (Å²) in [5.74, 6) is 0.842. The van der Waals surface area contributed by atoms with Crippen LogP contribution in [0.1, 0.15) is 52.9 Å². The van der Waals surface area contributed by atoms with E-state index in [1.807, 2.05) is 16.7 Å². The number of hydrogen-bond acceptors (Lipinski definition) is 7. The monoisotopic (exact) mass is 505 g/mol. The molecule has 4 aromatic rings. The fourth-order valence-electron chi connectivity index (χ4n) is 5.69. The SMILES string of the molecule is CN1C(=O)c2cccc(OC(F)F)c2[C@H]2CC1c1nc3ccc(-c4cnc5c(c4)OC[C@@]5(C)O)nc3n12. The molecule has 3 atom stereocenters. The van der Waals surface area contributed by atoms with Gasteiger partial charge in [0.25, 0.3) is 5.91 Å². The van der Waals surface area contributed by atoms with Crippen molar-refractivity contribution in [1.82, 2.24) is 24.4 Å². The third kappa shape index (κ3) is 3.10. The minimum Gasteiger partial charge on any atom is -0.488 e. The lowest BCUT2D eigenvalue weighted by atomic mass is 9.98. The summed E-state index contributed by atoms with van der Waals surface area (Å²) >= 11 is 0. The third-order valence-corrected chi connectivity index (χ3v) is 7.42. The molecule has 3 aromatic heterocycles. The van der Waals surface area contributed by atoms with Gasteiger partial charge in [-0.1, -0.05) is 6.07 Å². The van der Waals surface area contributed by atoms with Gasteiger partial charge in [-0.2, -0.15) is 8.78 Å². The maximum absolute atomic E-state index is 13.3. The number of hydrogen-bond donors (Lipinski definition) is 1. The van der Waals surface area contributed by atoms with Gasteiger partial charge in [0.1, 0.15) is 40.7 Å². The molecule has 7 rings (SSSR count). The van der Waals surface area contributed by atoms with E-state index in [2.05, 4.69) is 4.98 Å². The molecule has 0 saturated carbocycles. The molecular formula is C26H21F2N5O4. The zero-order valence-electron chi connectivity index (χ0n) is 19.9. The van der Waals surface area contributed by atoms with Crippen molar-refractivity contribution in [1.29, 1.82) is 0 Å². The van der Waals surface area contributed by atoms with Gasteiger partial charge in [0.2, 0.25) is 0 Å². The summed E-state index contributed by atoms with van der Waals surface area (Å²) < 4.78 is 39.0. The van der Waals surface area contributed by atoms with Crippen LogP contribution in [0.15, 0.2) is 42.6 Å². The Morgan fingerprint density at radius 1 is 1.22 bits per heavy atom. The van der Waals surface area contributed by atoms with Gasteiger partial charge in [-0.05, 0) is 37.3 Å². The number of alkyl halides is 2. The van der Waals surface area contributed by atoms with E-state index in [1.54, 1.807) is 43.3 Å². The molecule has 9 nitrogen and oxygen atoms in total. The number of carbonyl (C=O) groups excluding carboxylic acids is 1. The van der Waals surface area contributed by atoms with Gasteiger partial charge in [0.15, 0.2) is 5.65 Å². The molecule has 1 aromatic carbocycles. The number of imidazole rings is 1. The number of nitrogens with zero attached hydrogens (tertiary/aromatic N) is 5. The number of carbonyl (C=O) groups is 1. The Balaban J connectivity index is 1.41. The van der Waals surface area contributed by atoms with Gasteiger partial charge in [0, 0.05) is 36.4 Å². The Bertz CT molecular complexity index is 1620. The molecule has 2 bridgehead atoms. The van der Waals surface area contributed by atoms with E-state index in [9.17, 15) is 18.7 Å². The maximum Gasteiger partial charge on any atom is 0.387 e.